The summed E-state index contributed by atoms with van der Waals surface area (Å²) >= 11 is 0. The predicted octanol–water partition coefficient (Wildman–Crippen LogP) is 2.35. The lowest BCUT2D eigenvalue weighted by atomic mass is 10.00. The van der Waals surface area contributed by atoms with E-state index in [4.69, 9.17) is 10.5 Å². The van der Waals surface area contributed by atoms with Crippen LogP contribution in [0.15, 0.2) is 12.1 Å². The summed E-state index contributed by atoms with van der Waals surface area (Å²) in [7, 11) is 0. The second-order valence-corrected chi connectivity index (χ2v) is 4.74. The van der Waals surface area contributed by atoms with Crippen molar-refractivity contribution >= 4 is 16.7 Å². The summed E-state index contributed by atoms with van der Waals surface area (Å²) in [6, 6.07) is 3.91. The molecule has 0 saturated carbocycles. The monoisotopic (exact) mass is 231 g/mol. The average molecular weight is 231 g/mol. The minimum Gasteiger partial charge on any atom is -0.399 e. The number of hydrogen-bond donors (Lipinski definition) is 2. The van der Waals surface area contributed by atoms with Crippen molar-refractivity contribution in [3.8, 4) is 0 Å². The number of fused-ring (bicyclic) bond motifs is 1. The van der Waals surface area contributed by atoms with Gasteiger partial charge in [-0.1, -0.05) is 0 Å². The van der Waals surface area contributed by atoms with Gasteiger partial charge in [0.2, 0.25) is 0 Å². The molecule has 1 saturated heterocycles. The van der Waals surface area contributed by atoms with Crippen molar-refractivity contribution < 1.29 is 4.74 Å². The first-order valence-electron chi connectivity index (χ1n) is 6.07. The van der Waals surface area contributed by atoms with Gasteiger partial charge in [-0.2, -0.15) is 0 Å². The average Bonchev–Trinajstić information content (AvgIpc) is 2.74. The fourth-order valence-corrected chi connectivity index (χ4v) is 2.50. The lowest BCUT2D eigenvalue weighted by molar-refractivity contribution is 0.0838. The van der Waals surface area contributed by atoms with Crippen molar-refractivity contribution in [1.82, 2.24) is 9.97 Å². The number of anilines is 1. The third-order valence-electron chi connectivity index (χ3n) is 3.44. The highest BCUT2D eigenvalue weighted by Gasteiger charge is 2.19. The van der Waals surface area contributed by atoms with E-state index in [1.165, 1.54) is 0 Å². The molecule has 1 aromatic carbocycles. The molecule has 1 aliphatic heterocycles. The van der Waals surface area contributed by atoms with Gasteiger partial charge in [0.25, 0.3) is 0 Å². The lowest BCUT2D eigenvalue weighted by Gasteiger charge is -2.19. The van der Waals surface area contributed by atoms with E-state index in [0.29, 0.717) is 5.92 Å². The van der Waals surface area contributed by atoms with Gasteiger partial charge in [-0.05, 0) is 37.5 Å². The summed E-state index contributed by atoms with van der Waals surface area (Å²) in [6.45, 7) is 3.73. The second kappa shape index (κ2) is 4.04. The summed E-state index contributed by atoms with van der Waals surface area (Å²) in [6.07, 6.45) is 2.10. The van der Waals surface area contributed by atoms with Gasteiger partial charge in [0.1, 0.15) is 5.82 Å². The smallest absolute Gasteiger partial charge is 0.110 e. The van der Waals surface area contributed by atoms with E-state index < -0.39 is 0 Å². The first kappa shape index (κ1) is 10.6. The fraction of sp³-hybridized carbons (Fsp3) is 0.462. The predicted molar refractivity (Wildman–Crippen MR) is 68.0 cm³/mol. The summed E-state index contributed by atoms with van der Waals surface area (Å²) in [5.41, 5.74) is 9.86. The lowest BCUT2D eigenvalue weighted by Crippen LogP contribution is -2.15. The second-order valence-electron chi connectivity index (χ2n) is 4.74. The Morgan fingerprint density at radius 3 is 2.88 bits per heavy atom. The standard InChI is InChI=1S/C13H17N3O/c1-8-6-10(14)7-11-12(8)16-13(15-11)9-2-4-17-5-3-9/h6-7,9H,2-5,14H2,1H3,(H,15,16). The van der Waals surface area contributed by atoms with Gasteiger partial charge in [-0.15, -0.1) is 0 Å². The molecule has 0 aliphatic carbocycles. The van der Waals surface area contributed by atoms with Crippen molar-refractivity contribution in [2.45, 2.75) is 25.7 Å². The number of aromatic amines is 1. The van der Waals surface area contributed by atoms with Gasteiger partial charge >= 0.3 is 0 Å². The molecule has 2 aromatic rings. The Labute approximate surface area is 100 Å². The molecule has 1 aliphatic rings. The SMILES string of the molecule is Cc1cc(N)cc2nc(C3CCOCC3)[nH]c12. The van der Waals surface area contributed by atoms with Crippen molar-refractivity contribution in [3.63, 3.8) is 0 Å². The third kappa shape index (κ3) is 1.89. The minimum absolute atomic E-state index is 0.497. The summed E-state index contributed by atoms with van der Waals surface area (Å²) < 4.78 is 5.38. The largest absolute Gasteiger partial charge is 0.399 e. The molecule has 0 bridgehead atoms. The zero-order valence-corrected chi connectivity index (χ0v) is 9.99. The van der Waals surface area contributed by atoms with Crippen LogP contribution in [0.1, 0.15) is 30.1 Å². The van der Waals surface area contributed by atoms with Gasteiger partial charge in [-0.25, -0.2) is 4.98 Å². The molecule has 90 valence electrons. The first-order chi connectivity index (χ1) is 8.24. The Morgan fingerprint density at radius 1 is 1.35 bits per heavy atom. The van der Waals surface area contributed by atoms with Crippen LogP contribution in [0.25, 0.3) is 11.0 Å². The highest BCUT2D eigenvalue weighted by molar-refractivity contribution is 5.82. The van der Waals surface area contributed by atoms with Gasteiger partial charge < -0.3 is 15.5 Å². The van der Waals surface area contributed by atoms with Crippen LogP contribution in [0.4, 0.5) is 5.69 Å². The molecular weight excluding hydrogens is 214 g/mol. The number of benzene rings is 1. The van der Waals surface area contributed by atoms with Crippen molar-refractivity contribution in [2.75, 3.05) is 18.9 Å². The number of aromatic nitrogens is 2. The van der Waals surface area contributed by atoms with Gasteiger partial charge in [0.15, 0.2) is 0 Å². The van der Waals surface area contributed by atoms with E-state index in [0.717, 1.165) is 54.2 Å². The number of nitrogens with zero attached hydrogens (tertiary/aromatic N) is 1. The van der Waals surface area contributed by atoms with E-state index in [1.54, 1.807) is 0 Å². The van der Waals surface area contributed by atoms with Crippen LogP contribution < -0.4 is 5.73 Å². The molecule has 4 heteroatoms. The molecule has 0 spiro atoms. The number of nitrogens with two attached hydrogens (primary N) is 1. The highest BCUT2D eigenvalue weighted by Crippen LogP contribution is 2.28. The van der Waals surface area contributed by atoms with Crippen molar-refractivity contribution in [1.29, 1.82) is 0 Å². The van der Waals surface area contributed by atoms with E-state index in [9.17, 15) is 0 Å². The Hall–Kier alpha value is -1.55. The van der Waals surface area contributed by atoms with Crippen LogP contribution in [-0.2, 0) is 4.74 Å². The Kier molecular flexibility index (Phi) is 2.52. The van der Waals surface area contributed by atoms with Crippen LogP contribution in [0, 0.1) is 6.92 Å². The molecule has 0 atom stereocenters. The number of H-pyrrole nitrogens is 1. The van der Waals surface area contributed by atoms with Crippen molar-refractivity contribution in [2.24, 2.45) is 0 Å². The van der Waals surface area contributed by atoms with Gasteiger partial charge in [-0.3, -0.25) is 0 Å². The maximum atomic E-state index is 5.84. The summed E-state index contributed by atoms with van der Waals surface area (Å²) in [4.78, 5) is 8.11. The zero-order chi connectivity index (χ0) is 11.8. The third-order valence-corrected chi connectivity index (χ3v) is 3.44. The number of hydrogen-bond acceptors (Lipinski definition) is 3. The maximum Gasteiger partial charge on any atom is 0.110 e. The number of nitrogens with one attached hydrogen (secondary N) is 1. The summed E-state index contributed by atoms with van der Waals surface area (Å²) in [5, 5.41) is 0. The van der Waals surface area contributed by atoms with Crippen LogP contribution in [0.3, 0.4) is 0 Å². The first-order valence-corrected chi connectivity index (χ1v) is 6.07. The fourth-order valence-electron chi connectivity index (χ4n) is 2.50. The van der Waals surface area contributed by atoms with Crippen LogP contribution in [0.2, 0.25) is 0 Å². The topological polar surface area (TPSA) is 63.9 Å². The number of rotatable bonds is 1. The maximum absolute atomic E-state index is 5.84. The molecule has 2 heterocycles. The number of imidazole rings is 1. The quantitative estimate of drug-likeness (QED) is 0.740. The minimum atomic E-state index is 0.497. The van der Waals surface area contributed by atoms with Crippen LogP contribution in [-0.4, -0.2) is 23.2 Å². The van der Waals surface area contributed by atoms with Gasteiger partial charge in [0.05, 0.1) is 11.0 Å². The molecule has 3 rings (SSSR count). The van der Waals surface area contributed by atoms with Crippen LogP contribution >= 0.6 is 0 Å². The zero-order valence-electron chi connectivity index (χ0n) is 9.99. The molecule has 17 heavy (non-hydrogen) atoms. The number of ether oxygens (including phenoxy) is 1. The molecule has 4 nitrogen and oxygen atoms in total. The van der Waals surface area contributed by atoms with Gasteiger partial charge in [0, 0.05) is 24.8 Å². The molecule has 3 N–H and O–H groups in total. The van der Waals surface area contributed by atoms with Crippen molar-refractivity contribution in [3.05, 3.63) is 23.5 Å². The Bertz CT molecular complexity index is 541. The Balaban J connectivity index is 2.03. The highest BCUT2D eigenvalue weighted by atomic mass is 16.5. The number of aryl methyl sites for hydroxylation is 1. The molecular formula is C13H17N3O. The Morgan fingerprint density at radius 2 is 2.12 bits per heavy atom. The molecule has 1 fully saturated rings. The van der Waals surface area contributed by atoms with E-state index in [-0.39, 0.29) is 0 Å². The van der Waals surface area contributed by atoms with E-state index in [1.807, 2.05) is 12.1 Å². The van der Waals surface area contributed by atoms with E-state index in [2.05, 4.69) is 16.9 Å². The molecule has 0 radical (unpaired) electrons. The number of nitrogen functional groups attached to an aromatic ring is 1. The van der Waals surface area contributed by atoms with Crippen LogP contribution in [0.5, 0.6) is 0 Å². The molecule has 1 aromatic heterocycles. The van der Waals surface area contributed by atoms with E-state index >= 15 is 0 Å². The summed E-state index contributed by atoms with van der Waals surface area (Å²) in [5.74, 6) is 1.58. The normalized spacial score (nSPS) is 17.7. The molecule has 0 amide bonds. The molecule has 0 unspecified atom stereocenters.